The minimum Gasteiger partial charge on any atom is -0.496 e. The molecule has 2 aromatic carbocycles. The van der Waals surface area contributed by atoms with E-state index in [1.807, 2.05) is 0 Å². The number of imide groups is 1. The molecule has 10 heteroatoms. The van der Waals surface area contributed by atoms with Crippen LogP contribution in [0.2, 0.25) is 0 Å². The quantitative estimate of drug-likeness (QED) is 0.675. The number of methoxy groups -OCH3 is 2. The third-order valence-corrected chi connectivity index (χ3v) is 4.60. The topological polar surface area (TPSA) is 84.9 Å². The molecule has 0 aliphatic carbocycles. The summed E-state index contributed by atoms with van der Waals surface area (Å²) in [6.45, 7) is 0.932. The Labute approximate surface area is 183 Å². The normalized spacial score (nSPS) is 11.0. The minimum absolute atomic E-state index is 0.0373. The number of carbonyl (C=O) groups is 3. The molecule has 0 radical (unpaired) electrons. The summed E-state index contributed by atoms with van der Waals surface area (Å²) < 4.78 is 50.1. The van der Waals surface area contributed by atoms with E-state index >= 15 is 0 Å². The molecule has 0 saturated carbocycles. The lowest BCUT2D eigenvalue weighted by molar-refractivity contribution is -0.140. The largest absolute Gasteiger partial charge is 0.496 e. The molecule has 32 heavy (non-hydrogen) atoms. The Bertz CT molecular complexity index is 1020. The Kier molecular flexibility index (Phi) is 7.85. The molecule has 0 bridgehead atoms. The van der Waals surface area contributed by atoms with Crippen molar-refractivity contribution in [3.63, 3.8) is 0 Å². The predicted octanol–water partition coefficient (Wildman–Crippen LogP) is 3.78. The van der Waals surface area contributed by atoms with E-state index in [0.29, 0.717) is 22.4 Å². The van der Waals surface area contributed by atoms with E-state index in [1.54, 1.807) is 18.2 Å². The molecule has 0 saturated heterocycles. The van der Waals surface area contributed by atoms with Crippen LogP contribution in [0.15, 0.2) is 36.4 Å². The lowest BCUT2D eigenvalue weighted by Gasteiger charge is -2.21. The highest BCUT2D eigenvalue weighted by Crippen LogP contribution is 2.37. The van der Waals surface area contributed by atoms with Crippen LogP contribution in [0.4, 0.5) is 18.0 Å². The van der Waals surface area contributed by atoms with E-state index in [2.05, 4.69) is 10.1 Å². The van der Waals surface area contributed by atoms with Crippen LogP contribution in [0.3, 0.4) is 0 Å². The number of ether oxygens (including phenoxy) is 2. The van der Waals surface area contributed by atoms with Crippen LogP contribution in [-0.4, -0.2) is 44.1 Å². The average molecular weight is 452 g/mol. The van der Waals surface area contributed by atoms with Gasteiger partial charge in [-0.2, -0.15) is 13.2 Å². The second kappa shape index (κ2) is 10.2. The summed E-state index contributed by atoms with van der Waals surface area (Å²) in [7, 11) is 4.02. The molecule has 2 aromatic rings. The Morgan fingerprint density at radius 2 is 1.72 bits per heavy atom. The van der Waals surface area contributed by atoms with E-state index < -0.39 is 29.6 Å². The minimum atomic E-state index is -4.59. The Morgan fingerprint density at radius 1 is 1.03 bits per heavy atom. The van der Waals surface area contributed by atoms with Crippen LogP contribution in [0, 0.1) is 0 Å². The predicted molar refractivity (Wildman–Crippen MR) is 110 cm³/mol. The zero-order valence-electron chi connectivity index (χ0n) is 18.0. The molecule has 2 rings (SSSR count). The molecule has 1 N–H and O–H groups in total. The van der Waals surface area contributed by atoms with E-state index in [4.69, 9.17) is 4.74 Å². The number of hydrogen-bond donors (Lipinski definition) is 1. The number of halogens is 3. The van der Waals surface area contributed by atoms with Crippen molar-refractivity contribution >= 4 is 17.9 Å². The highest BCUT2D eigenvalue weighted by atomic mass is 19.4. The van der Waals surface area contributed by atoms with Crippen molar-refractivity contribution in [2.24, 2.45) is 0 Å². The van der Waals surface area contributed by atoms with Gasteiger partial charge in [-0.25, -0.2) is 4.79 Å². The summed E-state index contributed by atoms with van der Waals surface area (Å²) in [6, 6.07) is 7.27. The number of carbonyl (C=O) groups excluding carboxylic acids is 3. The number of nitrogens with one attached hydrogen (secondary N) is 1. The van der Waals surface area contributed by atoms with E-state index in [0.717, 1.165) is 24.0 Å². The second-order valence-corrected chi connectivity index (χ2v) is 7.00. The molecule has 0 unspecified atom stereocenters. The highest BCUT2D eigenvalue weighted by molar-refractivity contribution is 5.93. The summed E-state index contributed by atoms with van der Waals surface area (Å²) >= 11 is 0. The van der Waals surface area contributed by atoms with Crippen molar-refractivity contribution < 1.29 is 37.0 Å². The van der Waals surface area contributed by atoms with Gasteiger partial charge in [-0.3, -0.25) is 14.9 Å². The molecule has 0 atom stereocenters. The Morgan fingerprint density at radius 3 is 2.28 bits per heavy atom. The molecule has 0 fully saturated rings. The number of benzene rings is 2. The number of hydrogen-bond acceptors (Lipinski definition) is 5. The first-order valence-corrected chi connectivity index (χ1v) is 9.43. The smallest absolute Gasteiger partial charge is 0.416 e. The number of esters is 1. The molecule has 0 aliphatic heterocycles. The van der Waals surface area contributed by atoms with Crippen LogP contribution in [0.1, 0.15) is 23.6 Å². The van der Waals surface area contributed by atoms with E-state index in [9.17, 15) is 27.6 Å². The van der Waals surface area contributed by atoms with Gasteiger partial charge in [0.2, 0.25) is 5.91 Å². The van der Waals surface area contributed by atoms with Crippen molar-refractivity contribution in [1.29, 1.82) is 0 Å². The van der Waals surface area contributed by atoms with E-state index in [-0.39, 0.29) is 18.5 Å². The van der Waals surface area contributed by atoms with Crippen molar-refractivity contribution in [2.45, 2.75) is 26.1 Å². The number of nitrogens with zero attached hydrogens (tertiary/aromatic N) is 1. The molecular formula is C22H23F3N2O5. The first-order valence-electron chi connectivity index (χ1n) is 9.43. The average Bonchev–Trinajstić information content (AvgIpc) is 2.72. The maximum Gasteiger partial charge on any atom is 0.416 e. The molecule has 3 amide bonds. The maximum absolute atomic E-state index is 13.3. The van der Waals surface area contributed by atoms with Gasteiger partial charge in [-0.15, -0.1) is 0 Å². The highest BCUT2D eigenvalue weighted by Gasteiger charge is 2.31. The summed E-state index contributed by atoms with van der Waals surface area (Å²) in [6.07, 6.45) is -4.63. The molecule has 0 spiro atoms. The van der Waals surface area contributed by atoms with Gasteiger partial charge in [0.05, 0.1) is 26.2 Å². The fourth-order valence-corrected chi connectivity index (χ4v) is 3.05. The third-order valence-electron chi connectivity index (χ3n) is 4.60. The van der Waals surface area contributed by atoms with Crippen LogP contribution in [0.5, 0.6) is 5.75 Å². The first kappa shape index (κ1) is 24.7. The Balaban J connectivity index is 2.59. The van der Waals surface area contributed by atoms with Gasteiger partial charge >= 0.3 is 18.2 Å². The summed E-state index contributed by atoms with van der Waals surface area (Å²) in [5.41, 5.74) is 0.680. The fourth-order valence-electron chi connectivity index (χ4n) is 3.05. The van der Waals surface area contributed by atoms with Crippen LogP contribution in [0.25, 0.3) is 11.1 Å². The second-order valence-electron chi connectivity index (χ2n) is 7.00. The van der Waals surface area contributed by atoms with Crippen LogP contribution < -0.4 is 10.1 Å². The van der Waals surface area contributed by atoms with Gasteiger partial charge in [0, 0.05) is 26.1 Å². The van der Waals surface area contributed by atoms with Crippen molar-refractivity contribution in [1.82, 2.24) is 10.2 Å². The van der Waals surface area contributed by atoms with E-state index in [1.165, 1.54) is 27.3 Å². The standard InChI is InChI=1S/C22H23F3N2O5/c1-13(28)26-21(30)27(2)12-15-11-16(22(23,24)25)6-7-17(15)18-9-14(10-20(29)32-4)5-8-19(18)31-3/h5-9,11H,10,12H2,1-4H3,(H,26,28,30). The molecule has 172 valence electrons. The molecule has 7 nitrogen and oxygen atoms in total. The molecule has 0 aromatic heterocycles. The first-order chi connectivity index (χ1) is 15.0. The van der Waals surface area contributed by atoms with Gasteiger partial charge in [-0.1, -0.05) is 12.1 Å². The lowest BCUT2D eigenvalue weighted by atomic mass is 9.94. The SMILES string of the molecule is COC(=O)Cc1ccc(OC)c(-c2ccc(C(F)(F)F)cc2CN(C)C(=O)NC(C)=O)c1. The Hall–Kier alpha value is -3.56. The fraction of sp³-hybridized carbons (Fsp3) is 0.318. The van der Waals surface area contributed by atoms with Crippen molar-refractivity contribution in [3.8, 4) is 16.9 Å². The molecular weight excluding hydrogens is 429 g/mol. The zero-order valence-corrected chi connectivity index (χ0v) is 18.0. The van der Waals surface area contributed by atoms with Crippen LogP contribution >= 0.6 is 0 Å². The number of urea groups is 1. The number of rotatable bonds is 6. The van der Waals surface area contributed by atoms with Crippen molar-refractivity contribution in [3.05, 3.63) is 53.1 Å². The lowest BCUT2D eigenvalue weighted by Crippen LogP contribution is -2.39. The van der Waals surface area contributed by atoms with Crippen LogP contribution in [-0.2, 0) is 33.5 Å². The monoisotopic (exact) mass is 452 g/mol. The van der Waals surface area contributed by atoms with Gasteiger partial charge in [-0.05, 0) is 41.0 Å². The number of alkyl halides is 3. The van der Waals surface area contributed by atoms with Gasteiger partial charge in [0.1, 0.15) is 5.75 Å². The van der Waals surface area contributed by atoms with Crippen molar-refractivity contribution in [2.75, 3.05) is 21.3 Å². The number of amides is 3. The summed E-state index contributed by atoms with van der Waals surface area (Å²) in [5.74, 6) is -0.701. The molecule has 0 aliphatic rings. The van der Waals surface area contributed by atoms with Gasteiger partial charge in [0.25, 0.3) is 0 Å². The van der Waals surface area contributed by atoms with Gasteiger partial charge < -0.3 is 14.4 Å². The zero-order chi connectivity index (χ0) is 24.1. The third kappa shape index (κ3) is 6.22. The summed E-state index contributed by atoms with van der Waals surface area (Å²) in [4.78, 5) is 36.0. The summed E-state index contributed by atoms with van der Waals surface area (Å²) in [5, 5.41) is 2.08. The van der Waals surface area contributed by atoms with Gasteiger partial charge in [0.15, 0.2) is 0 Å². The molecule has 0 heterocycles. The maximum atomic E-state index is 13.3.